The van der Waals surface area contributed by atoms with Gasteiger partial charge in [-0.25, -0.2) is 0 Å². The molecule has 1 aliphatic heterocycles. The second-order valence-electron chi connectivity index (χ2n) is 5.59. The summed E-state index contributed by atoms with van der Waals surface area (Å²) in [6.45, 7) is 2.34. The number of pyridine rings is 1. The first-order valence-corrected chi connectivity index (χ1v) is 7.47. The number of hydrogen-bond acceptors (Lipinski definition) is 3. The molecular formula is C17H15F3N2O2. The fourth-order valence-electron chi connectivity index (χ4n) is 2.73. The third-order valence-corrected chi connectivity index (χ3v) is 3.81. The summed E-state index contributed by atoms with van der Waals surface area (Å²) in [5.74, 6) is -0.486. The van der Waals surface area contributed by atoms with Crippen molar-refractivity contribution in [2.24, 2.45) is 0 Å². The van der Waals surface area contributed by atoms with Gasteiger partial charge in [0.05, 0.1) is 5.56 Å². The number of hydrogen-bond donors (Lipinski definition) is 0. The van der Waals surface area contributed by atoms with E-state index < -0.39 is 6.36 Å². The van der Waals surface area contributed by atoms with Crippen molar-refractivity contribution >= 4 is 11.6 Å². The van der Waals surface area contributed by atoms with E-state index in [-0.39, 0.29) is 11.7 Å². The maximum atomic E-state index is 12.7. The summed E-state index contributed by atoms with van der Waals surface area (Å²) in [6.07, 6.45) is -1.95. The van der Waals surface area contributed by atoms with E-state index in [2.05, 4.69) is 9.72 Å². The van der Waals surface area contributed by atoms with Gasteiger partial charge in [0.25, 0.3) is 5.91 Å². The largest absolute Gasteiger partial charge is 0.573 e. The van der Waals surface area contributed by atoms with Crippen LogP contribution in [-0.2, 0) is 6.42 Å². The molecule has 0 saturated carbocycles. The predicted octanol–water partition coefficient (Wildman–Crippen LogP) is 3.88. The van der Waals surface area contributed by atoms with E-state index >= 15 is 0 Å². The molecule has 7 heteroatoms. The van der Waals surface area contributed by atoms with Gasteiger partial charge in [-0.3, -0.25) is 9.78 Å². The van der Waals surface area contributed by atoms with Gasteiger partial charge >= 0.3 is 6.36 Å². The van der Waals surface area contributed by atoms with Crippen LogP contribution in [0.4, 0.5) is 18.9 Å². The Balaban J connectivity index is 1.88. The molecule has 0 unspecified atom stereocenters. The van der Waals surface area contributed by atoms with Crippen LogP contribution in [0.3, 0.4) is 0 Å². The van der Waals surface area contributed by atoms with Crippen LogP contribution >= 0.6 is 0 Å². The summed E-state index contributed by atoms with van der Waals surface area (Å²) in [6, 6.07) is 7.51. The smallest absolute Gasteiger partial charge is 0.406 e. The van der Waals surface area contributed by atoms with Crippen LogP contribution in [0.15, 0.2) is 36.5 Å². The van der Waals surface area contributed by atoms with Crippen LogP contribution in [0, 0.1) is 6.92 Å². The number of rotatable bonds is 2. The van der Waals surface area contributed by atoms with E-state index in [1.165, 1.54) is 24.4 Å². The van der Waals surface area contributed by atoms with Crippen molar-refractivity contribution in [1.82, 2.24) is 4.98 Å². The molecule has 3 rings (SSSR count). The number of anilines is 1. The van der Waals surface area contributed by atoms with Crippen LogP contribution < -0.4 is 9.64 Å². The van der Waals surface area contributed by atoms with E-state index in [0.29, 0.717) is 36.2 Å². The number of aromatic nitrogens is 1. The minimum absolute atomic E-state index is 0.215. The molecule has 2 aromatic rings. The van der Waals surface area contributed by atoms with Crippen molar-refractivity contribution < 1.29 is 22.7 Å². The third kappa shape index (κ3) is 3.50. The Hall–Kier alpha value is -2.57. The van der Waals surface area contributed by atoms with Crippen LogP contribution in [0.5, 0.6) is 5.75 Å². The molecule has 0 fully saturated rings. The van der Waals surface area contributed by atoms with Crippen molar-refractivity contribution in [3.05, 3.63) is 53.3 Å². The summed E-state index contributed by atoms with van der Waals surface area (Å²) in [5, 5.41) is 0. The number of carbonyl (C=O) groups is 1. The average Bonchev–Trinajstić information content (AvgIpc) is 2.52. The summed E-state index contributed by atoms with van der Waals surface area (Å²) < 4.78 is 41.0. The van der Waals surface area contributed by atoms with E-state index in [9.17, 15) is 18.0 Å². The van der Waals surface area contributed by atoms with Crippen molar-refractivity contribution in [2.45, 2.75) is 26.1 Å². The first kappa shape index (κ1) is 16.3. The molecule has 2 heterocycles. The molecule has 1 amide bonds. The molecular weight excluding hydrogens is 321 g/mol. The maximum absolute atomic E-state index is 12.7. The zero-order valence-electron chi connectivity index (χ0n) is 12.9. The molecule has 0 atom stereocenters. The van der Waals surface area contributed by atoms with Gasteiger partial charge in [0, 0.05) is 24.1 Å². The zero-order valence-corrected chi connectivity index (χ0v) is 12.9. The average molecular weight is 336 g/mol. The Morgan fingerprint density at radius 1 is 1.25 bits per heavy atom. The molecule has 0 saturated heterocycles. The molecule has 1 aromatic carbocycles. The van der Waals surface area contributed by atoms with Crippen LogP contribution in [-0.4, -0.2) is 23.8 Å². The van der Waals surface area contributed by atoms with Crippen molar-refractivity contribution in [1.29, 1.82) is 0 Å². The van der Waals surface area contributed by atoms with Crippen LogP contribution in [0.25, 0.3) is 0 Å². The molecule has 1 aromatic heterocycles. The van der Waals surface area contributed by atoms with Gasteiger partial charge in [-0.15, -0.1) is 13.2 Å². The Bertz CT molecular complexity index is 757. The minimum atomic E-state index is -4.73. The highest BCUT2D eigenvalue weighted by molar-refractivity contribution is 6.06. The van der Waals surface area contributed by atoms with Crippen molar-refractivity contribution in [3.8, 4) is 5.75 Å². The number of amides is 1. The lowest BCUT2D eigenvalue weighted by Crippen LogP contribution is -2.35. The van der Waals surface area contributed by atoms with Gasteiger partial charge in [-0.1, -0.05) is 0 Å². The third-order valence-electron chi connectivity index (χ3n) is 3.81. The standard InChI is InChI=1S/C17H15F3N2O2/c1-11-4-5-13(10-21-11)16(23)22-8-2-3-12-9-14(6-7-15(12)22)24-17(18,19)20/h4-7,9-10H,2-3,8H2,1H3. The molecule has 0 bridgehead atoms. The zero-order chi connectivity index (χ0) is 17.3. The highest BCUT2D eigenvalue weighted by Gasteiger charge is 2.32. The molecule has 24 heavy (non-hydrogen) atoms. The van der Waals surface area contributed by atoms with Gasteiger partial charge in [0.15, 0.2) is 0 Å². The summed E-state index contributed by atoms with van der Waals surface area (Å²) in [4.78, 5) is 18.3. The Labute approximate surface area is 136 Å². The highest BCUT2D eigenvalue weighted by Crippen LogP contribution is 2.33. The number of alkyl halides is 3. The molecule has 0 spiro atoms. The van der Waals surface area contributed by atoms with Crippen molar-refractivity contribution in [3.63, 3.8) is 0 Å². The normalized spacial score (nSPS) is 14.2. The lowest BCUT2D eigenvalue weighted by Gasteiger charge is -2.30. The fraction of sp³-hybridized carbons (Fsp3) is 0.294. The Morgan fingerprint density at radius 2 is 2.04 bits per heavy atom. The first-order valence-electron chi connectivity index (χ1n) is 7.47. The van der Waals surface area contributed by atoms with E-state index in [1.54, 1.807) is 17.0 Å². The van der Waals surface area contributed by atoms with E-state index in [1.807, 2.05) is 6.92 Å². The van der Waals surface area contributed by atoms with Gasteiger partial charge < -0.3 is 9.64 Å². The lowest BCUT2D eigenvalue weighted by atomic mass is 10.0. The number of nitrogens with zero attached hydrogens (tertiary/aromatic N) is 2. The fourth-order valence-corrected chi connectivity index (χ4v) is 2.73. The highest BCUT2D eigenvalue weighted by atomic mass is 19.4. The monoisotopic (exact) mass is 336 g/mol. The number of benzene rings is 1. The molecule has 0 aliphatic carbocycles. The quantitative estimate of drug-likeness (QED) is 0.836. The Morgan fingerprint density at radius 3 is 2.71 bits per heavy atom. The topological polar surface area (TPSA) is 42.4 Å². The second-order valence-corrected chi connectivity index (χ2v) is 5.59. The van der Waals surface area contributed by atoms with Crippen molar-refractivity contribution in [2.75, 3.05) is 11.4 Å². The number of ether oxygens (including phenoxy) is 1. The van der Waals surface area contributed by atoms with E-state index in [0.717, 1.165) is 5.69 Å². The Kier molecular flexibility index (Phi) is 4.17. The number of halogens is 3. The van der Waals surface area contributed by atoms with Gasteiger partial charge in [0.2, 0.25) is 0 Å². The molecule has 0 N–H and O–H groups in total. The van der Waals surface area contributed by atoms with Crippen LogP contribution in [0.2, 0.25) is 0 Å². The predicted molar refractivity (Wildman–Crippen MR) is 82.1 cm³/mol. The lowest BCUT2D eigenvalue weighted by molar-refractivity contribution is -0.274. The molecule has 1 aliphatic rings. The molecule has 4 nitrogen and oxygen atoms in total. The second kappa shape index (κ2) is 6.14. The number of fused-ring (bicyclic) bond motifs is 1. The molecule has 0 radical (unpaired) electrons. The SMILES string of the molecule is Cc1ccc(C(=O)N2CCCc3cc(OC(F)(F)F)ccc32)cn1. The van der Waals surface area contributed by atoms with Gasteiger partial charge in [0.1, 0.15) is 5.75 Å². The minimum Gasteiger partial charge on any atom is -0.406 e. The number of aryl methyl sites for hydroxylation is 2. The molecule has 126 valence electrons. The number of carbonyl (C=O) groups excluding carboxylic acids is 1. The first-order chi connectivity index (χ1) is 11.3. The van der Waals surface area contributed by atoms with E-state index in [4.69, 9.17) is 0 Å². The van der Waals surface area contributed by atoms with Gasteiger partial charge in [-0.2, -0.15) is 0 Å². The van der Waals surface area contributed by atoms with Gasteiger partial charge in [-0.05, 0) is 55.7 Å². The van der Waals surface area contributed by atoms with Crippen LogP contribution in [0.1, 0.15) is 28.0 Å². The summed E-state index contributed by atoms with van der Waals surface area (Å²) in [7, 11) is 0. The maximum Gasteiger partial charge on any atom is 0.573 e. The summed E-state index contributed by atoms with van der Waals surface area (Å²) >= 11 is 0. The summed E-state index contributed by atoms with van der Waals surface area (Å²) in [5.41, 5.74) is 2.53.